The second-order valence-electron chi connectivity index (χ2n) is 5.59. The molecule has 0 unspecified atom stereocenters. The first-order chi connectivity index (χ1) is 14.4. The number of rotatable bonds is 3. The van der Waals surface area contributed by atoms with Gasteiger partial charge in [-0.2, -0.15) is 43.9 Å². The lowest BCUT2D eigenvalue weighted by Crippen LogP contribution is -2.19. The van der Waals surface area contributed by atoms with Gasteiger partial charge < -0.3 is 0 Å². The Morgan fingerprint density at radius 3 is 0.938 bits per heavy atom. The Labute approximate surface area is 165 Å². The first kappa shape index (κ1) is 24.7. The van der Waals surface area contributed by atoms with Crippen molar-refractivity contribution in [1.29, 1.82) is 0 Å². The Kier molecular flexibility index (Phi) is 5.80. The topological polar surface area (TPSA) is 86.3 Å². The van der Waals surface area contributed by atoms with Gasteiger partial charge in [-0.25, -0.2) is 8.78 Å². The summed E-state index contributed by atoms with van der Waals surface area (Å²) in [4.78, 5) is 16.9. The SMILES string of the molecule is O=[N+]([O-])c1c(F)c(-c2c(F)c([N+](=O)[O-])c(F)c(C(F)(F)F)c2F)c(F)c(C(F)(F)F)c1F. The minimum absolute atomic E-state index is 2.28. The molecule has 0 aliphatic carbocycles. The predicted octanol–water partition coefficient (Wildman–Crippen LogP) is 6.04. The van der Waals surface area contributed by atoms with E-state index in [1.54, 1.807) is 0 Å². The Morgan fingerprint density at radius 2 is 0.750 bits per heavy atom. The standard InChI is InChI=1S/C14F12N2O4/c15-5-1(7(17)11(27(29)30)9(19)3(5)13(21,22)23)2-6(16)4(14(24,25)26)10(20)12(8(2)18)28(31)32. The molecule has 0 saturated heterocycles. The average Bonchev–Trinajstić information content (AvgIpc) is 2.53. The van der Waals surface area contributed by atoms with Gasteiger partial charge in [0.15, 0.2) is 0 Å². The fourth-order valence-corrected chi connectivity index (χ4v) is 2.56. The Morgan fingerprint density at radius 1 is 0.500 bits per heavy atom. The summed E-state index contributed by atoms with van der Waals surface area (Å²) in [6.45, 7) is 0. The van der Waals surface area contributed by atoms with Crippen molar-refractivity contribution in [1.82, 2.24) is 0 Å². The summed E-state index contributed by atoms with van der Waals surface area (Å²) in [7, 11) is 0. The van der Waals surface area contributed by atoms with Crippen molar-refractivity contribution in [3.63, 3.8) is 0 Å². The minimum Gasteiger partial charge on any atom is -0.258 e. The van der Waals surface area contributed by atoms with Gasteiger partial charge in [0.05, 0.1) is 21.0 Å². The molecule has 2 aromatic carbocycles. The number of hydrogen-bond acceptors (Lipinski definition) is 4. The summed E-state index contributed by atoms with van der Waals surface area (Å²) in [5, 5.41) is 21.5. The van der Waals surface area contributed by atoms with E-state index in [1.165, 1.54) is 0 Å². The van der Waals surface area contributed by atoms with E-state index in [0.29, 0.717) is 0 Å². The summed E-state index contributed by atoms with van der Waals surface area (Å²) in [6, 6.07) is 0. The van der Waals surface area contributed by atoms with Gasteiger partial charge in [-0.15, -0.1) is 0 Å². The molecular weight excluding hydrogens is 488 g/mol. The molecule has 0 N–H and O–H groups in total. The van der Waals surface area contributed by atoms with Crippen molar-refractivity contribution >= 4 is 11.4 Å². The van der Waals surface area contributed by atoms with Crippen LogP contribution in [-0.4, -0.2) is 9.85 Å². The van der Waals surface area contributed by atoms with Crippen LogP contribution in [0.4, 0.5) is 64.1 Å². The van der Waals surface area contributed by atoms with Crippen LogP contribution in [0.5, 0.6) is 0 Å². The number of halogens is 12. The van der Waals surface area contributed by atoms with Crippen LogP contribution in [0.2, 0.25) is 0 Å². The van der Waals surface area contributed by atoms with Gasteiger partial charge >= 0.3 is 23.7 Å². The summed E-state index contributed by atoms with van der Waals surface area (Å²) < 4.78 is 163. The first-order valence-corrected chi connectivity index (χ1v) is 7.20. The van der Waals surface area contributed by atoms with E-state index < -0.39 is 90.7 Å². The van der Waals surface area contributed by atoms with E-state index in [4.69, 9.17) is 0 Å². The van der Waals surface area contributed by atoms with Crippen molar-refractivity contribution in [2.45, 2.75) is 12.4 Å². The molecule has 0 spiro atoms. The average molecular weight is 488 g/mol. The molecule has 0 atom stereocenters. The molecule has 0 saturated carbocycles. The Bertz CT molecular complexity index is 1080. The highest BCUT2D eigenvalue weighted by Crippen LogP contribution is 2.48. The smallest absolute Gasteiger partial charge is 0.258 e. The van der Waals surface area contributed by atoms with Crippen LogP contribution in [0, 0.1) is 55.1 Å². The van der Waals surface area contributed by atoms with E-state index in [2.05, 4.69) is 0 Å². The van der Waals surface area contributed by atoms with Crippen LogP contribution in [0.3, 0.4) is 0 Å². The molecule has 0 bridgehead atoms. The number of alkyl halides is 6. The number of nitrogens with zero attached hydrogens (tertiary/aromatic N) is 2. The van der Waals surface area contributed by atoms with Crippen LogP contribution in [-0.2, 0) is 12.4 Å². The van der Waals surface area contributed by atoms with Gasteiger partial charge in [0.25, 0.3) is 0 Å². The molecule has 0 radical (unpaired) electrons. The molecule has 18 heteroatoms. The van der Waals surface area contributed by atoms with Crippen molar-refractivity contribution in [3.8, 4) is 11.1 Å². The van der Waals surface area contributed by atoms with Gasteiger partial charge in [-0.3, -0.25) is 20.2 Å². The maximum absolute atomic E-state index is 14.4. The van der Waals surface area contributed by atoms with Gasteiger partial charge in [0.2, 0.25) is 23.3 Å². The van der Waals surface area contributed by atoms with Gasteiger partial charge in [-0.05, 0) is 0 Å². The molecule has 0 aliphatic heterocycles. The van der Waals surface area contributed by atoms with Gasteiger partial charge in [0.1, 0.15) is 22.8 Å². The molecule has 0 aliphatic rings. The second-order valence-corrected chi connectivity index (χ2v) is 5.59. The van der Waals surface area contributed by atoms with E-state index in [9.17, 15) is 72.9 Å². The number of hydrogen-bond donors (Lipinski definition) is 0. The molecule has 0 fully saturated rings. The summed E-state index contributed by atoms with van der Waals surface area (Å²) >= 11 is 0. The fourth-order valence-electron chi connectivity index (χ4n) is 2.56. The van der Waals surface area contributed by atoms with E-state index in [0.717, 1.165) is 0 Å². The molecule has 174 valence electrons. The van der Waals surface area contributed by atoms with E-state index >= 15 is 0 Å². The number of nitro groups is 2. The third-order valence-corrected chi connectivity index (χ3v) is 3.77. The van der Waals surface area contributed by atoms with Crippen molar-refractivity contribution in [2.75, 3.05) is 0 Å². The van der Waals surface area contributed by atoms with E-state index in [1.807, 2.05) is 0 Å². The first-order valence-electron chi connectivity index (χ1n) is 7.20. The highest BCUT2D eigenvalue weighted by molar-refractivity contribution is 5.74. The van der Waals surface area contributed by atoms with Crippen LogP contribution in [0.1, 0.15) is 11.1 Å². The normalized spacial score (nSPS) is 12.2. The van der Waals surface area contributed by atoms with Crippen molar-refractivity contribution in [2.24, 2.45) is 0 Å². The van der Waals surface area contributed by atoms with Crippen LogP contribution < -0.4 is 0 Å². The molecule has 6 nitrogen and oxygen atoms in total. The highest BCUT2D eigenvalue weighted by atomic mass is 19.4. The predicted molar refractivity (Wildman–Crippen MR) is 74.9 cm³/mol. The fraction of sp³-hybridized carbons (Fsp3) is 0.143. The zero-order valence-corrected chi connectivity index (χ0v) is 14.1. The lowest BCUT2D eigenvalue weighted by molar-refractivity contribution is -0.390. The summed E-state index contributed by atoms with van der Waals surface area (Å²) in [5.74, 6) is -19.6. The van der Waals surface area contributed by atoms with Gasteiger partial charge in [-0.1, -0.05) is 0 Å². The lowest BCUT2D eigenvalue weighted by Gasteiger charge is -2.17. The summed E-state index contributed by atoms with van der Waals surface area (Å²) in [6.07, 6.45) is -12.6. The quantitative estimate of drug-likeness (QED) is 0.300. The highest BCUT2D eigenvalue weighted by Gasteiger charge is 2.50. The molecule has 32 heavy (non-hydrogen) atoms. The summed E-state index contributed by atoms with van der Waals surface area (Å²) in [5.41, 5.74) is -18.5. The zero-order valence-electron chi connectivity index (χ0n) is 14.1. The monoisotopic (exact) mass is 488 g/mol. The molecular formula is C14F12N2O4. The second kappa shape index (κ2) is 7.52. The molecule has 2 rings (SSSR count). The zero-order chi connectivity index (χ0) is 25.1. The maximum atomic E-state index is 14.4. The van der Waals surface area contributed by atoms with Crippen molar-refractivity contribution < 1.29 is 62.5 Å². The molecule has 2 aromatic rings. The van der Waals surface area contributed by atoms with E-state index in [-0.39, 0.29) is 0 Å². The van der Waals surface area contributed by atoms with Gasteiger partial charge in [0, 0.05) is 0 Å². The maximum Gasteiger partial charge on any atom is 0.422 e. The lowest BCUT2D eigenvalue weighted by atomic mass is 9.95. The third kappa shape index (κ3) is 3.64. The molecule has 0 aromatic heterocycles. The van der Waals surface area contributed by atoms with Crippen LogP contribution in [0.25, 0.3) is 11.1 Å². The Balaban J connectivity index is 3.32. The molecule has 0 heterocycles. The molecule has 0 amide bonds. The number of benzene rings is 2. The van der Waals surface area contributed by atoms with Crippen LogP contribution >= 0.6 is 0 Å². The largest absolute Gasteiger partial charge is 0.422 e. The van der Waals surface area contributed by atoms with Crippen LogP contribution in [0.15, 0.2) is 0 Å². The third-order valence-electron chi connectivity index (χ3n) is 3.77. The minimum atomic E-state index is -6.28. The number of nitro benzene ring substituents is 2. The Hall–Kier alpha value is -3.60. The van der Waals surface area contributed by atoms with Crippen molar-refractivity contribution in [3.05, 3.63) is 66.3 Å².